The molecule has 0 N–H and O–H groups in total. The molecular weight excluding hydrogens is 338 g/mol. The quantitative estimate of drug-likeness (QED) is 0.340. The molecule has 0 atom stereocenters. The molecule has 2 rings (SSSR count). The Morgan fingerprint density at radius 1 is 1.15 bits per heavy atom. The normalized spacial score (nSPS) is 10.7. The van der Waals surface area contributed by atoms with E-state index < -0.39 is 10.9 Å². The van der Waals surface area contributed by atoms with Crippen molar-refractivity contribution in [3.05, 3.63) is 55.9 Å². The molecule has 1 aromatic heterocycles. The van der Waals surface area contributed by atoms with Crippen molar-refractivity contribution in [2.24, 2.45) is 0 Å². The molecular formula is C18H21N3O5. The number of carbonyl (C=O) groups is 2. The van der Waals surface area contributed by atoms with Crippen molar-refractivity contribution >= 4 is 17.4 Å². The minimum Gasteiger partial charge on any atom is -0.456 e. The van der Waals surface area contributed by atoms with Gasteiger partial charge in [-0.2, -0.15) is 5.10 Å². The van der Waals surface area contributed by atoms with E-state index in [1.165, 1.54) is 18.5 Å². The summed E-state index contributed by atoms with van der Waals surface area (Å²) in [5.74, 6) is -0.964. The first-order valence-corrected chi connectivity index (χ1v) is 8.07. The van der Waals surface area contributed by atoms with Crippen molar-refractivity contribution in [1.29, 1.82) is 0 Å². The highest BCUT2D eigenvalue weighted by molar-refractivity contribution is 6.00. The lowest BCUT2D eigenvalue weighted by Gasteiger charge is -2.11. The fourth-order valence-corrected chi connectivity index (χ4v) is 3.11. The van der Waals surface area contributed by atoms with Gasteiger partial charge in [0.25, 0.3) is 0 Å². The van der Waals surface area contributed by atoms with Gasteiger partial charge in [0.05, 0.1) is 4.92 Å². The van der Waals surface area contributed by atoms with Crippen LogP contribution in [0.3, 0.4) is 0 Å². The first-order chi connectivity index (χ1) is 12.1. The zero-order chi connectivity index (χ0) is 19.6. The van der Waals surface area contributed by atoms with E-state index in [9.17, 15) is 19.7 Å². The van der Waals surface area contributed by atoms with Crippen molar-refractivity contribution in [3.8, 4) is 0 Å². The Morgan fingerprint density at radius 2 is 1.73 bits per heavy atom. The van der Waals surface area contributed by atoms with Crippen LogP contribution in [0.2, 0.25) is 0 Å². The van der Waals surface area contributed by atoms with Crippen LogP contribution in [0.4, 0.5) is 5.69 Å². The number of hydrogen-bond donors (Lipinski definition) is 0. The number of aromatic nitrogens is 2. The van der Waals surface area contributed by atoms with Gasteiger partial charge in [-0.3, -0.25) is 24.4 Å². The Hall–Kier alpha value is -3.03. The van der Waals surface area contributed by atoms with E-state index in [4.69, 9.17) is 4.74 Å². The molecule has 2 aromatic rings. The van der Waals surface area contributed by atoms with Crippen LogP contribution in [0.5, 0.6) is 0 Å². The maximum Gasteiger partial charge on any atom is 0.328 e. The zero-order valence-electron chi connectivity index (χ0n) is 15.5. The summed E-state index contributed by atoms with van der Waals surface area (Å²) in [5, 5.41) is 15.0. The van der Waals surface area contributed by atoms with Crippen LogP contribution in [0.25, 0.3) is 0 Å². The smallest absolute Gasteiger partial charge is 0.328 e. The molecule has 0 aliphatic heterocycles. The number of hydrogen-bond acceptors (Lipinski definition) is 6. The zero-order valence-corrected chi connectivity index (χ0v) is 15.5. The summed E-state index contributed by atoms with van der Waals surface area (Å²) in [4.78, 5) is 34.8. The fraction of sp³-hybridized carbons (Fsp3) is 0.389. The monoisotopic (exact) mass is 359 g/mol. The minimum absolute atomic E-state index is 0.125. The molecule has 1 heterocycles. The lowest BCUT2D eigenvalue weighted by atomic mass is 9.97. The summed E-state index contributed by atoms with van der Waals surface area (Å²) in [5.41, 5.74) is 3.63. The molecule has 0 unspecified atom stereocenters. The Morgan fingerprint density at radius 3 is 2.23 bits per heavy atom. The SMILES string of the molecule is Cc1cc(C)c(C(=O)COC(=O)Cn2nc(C)c([N+](=O)[O-])c2C)c(C)c1. The first kappa shape index (κ1) is 19.3. The Balaban J connectivity index is 2.05. The predicted molar refractivity (Wildman–Crippen MR) is 94.3 cm³/mol. The van der Waals surface area contributed by atoms with E-state index in [0.717, 1.165) is 16.7 Å². The summed E-state index contributed by atoms with van der Waals surface area (Å²) in [6.07, 6.45) is 0. The van der Waals surface area contributed by atoms with E-state index >= 15 is 0 Å². The van der Waals surface area contributed by atoms with Crippen molar-refractivity contribution in [3.63, 3.8) is 0 Å². The topological polar surface area (TPSA) is 104 Å². The molecule has 138 valence electrons. The molecule has 0 saturated carbocycles. The molecule has 0 amide bonds. The third kappa shape index (κ3) is 3.96. The molecule has 0 bridgehead atoms. The molecule has 26 heavy (non-hydrogen) atoms. The van der Waals surface area contributed by atoms with Crippen LogP contribution in [0.15, 0.2) is 12.1 Å². The fourth-order valence-electron chi connectivity index (χ4n) is 3.11. The lowest BCUT2D eigenvalue weighted by molar-refractivity contribution is -0.386. The van der Waals surface area contributed by atoms with Gasteiger partial charge < -0.3 is 4.74 Å². The molecule has 1 aromatic carbocycles. The van der Waals surface area contributed by atoms with E-state index in [2.05, 4.69) is 5.10 Å². The summed E-state index contributed by atoms with van der Waals surface area (Å²) in [7, 11) is 0. The number of esters is 1. The van der Waals surface area contributed by atoms with Gasteiger partial charge in [-0.15, -0.1) is 0 Å². The first-order valence-electron chi connectivity index (χ1n) is 8.07. The Kier molecular flexibility index (Phi) is 5.54. The third-order valence-electron chi connectivity index (χ3n) is 4.12. The number of rotatable bonds is 6. The van der Waals surface area contributed by atoms with Gasteiger partial charge in [0.1, 0.15) is 17.9 Å². The molecule has 0 radical (unpaired) electrons. The van der Waals surface area contributed by atoms with Gasteiger partial charge in [0.2, 0.25) is 5.78 Å². The molecule has 0 aliphatic carbocycles. The number of aryl methyl sites for hydroxylation is 4. The van der Waals surface area contributed by atoms with Gasteiger partial charge in [-0.25, -0.2) is 0 Å². The predicted octanol–water partition coefficient (Wildman–Crippen LogP) is 2.76. The highest BCUT2D eigenvalue weighted by Crippen LogP contribution is 2.21. The van der Waals surface area contributed by atoms with Crippen molar-refractivity contribution < 1.29 is 19.2 Å². The summed E-state index contributed by atoms with van der Waals surface area (Å²) in [6, 6.07) is 3.80. The van der Waals surface area contributed by atoms with Crippen LogP contribution < -0.4 is 0 Å². The number of Topliss-reactive ketones (excluding diaryl/α,β-unsaturated/α-hetero) is 1. The number of nitrogens with zero attached hydrogens (tertiary/aromatic N) is 3. The van der Waals surface area contributed by atoms with E-state index in [1.54, 1.807) is 0 Å². The minimum atomic E-state index is -0.679. The van der Waals surface area contributed by atoms with Gasteiger partial charge in [-0.05, 0) is 45.7 Å². The molecule has 8 nitrogen and oxygen atoms in total. The Labute approximate surface area is 150 Å². The molecule has 0 fully saturated rings. The van der Waals surface area contributed by atoms with Crippen molar-refractivity contribution in [1.82, 2.24) is 9.78 Å². The van der Waals surface area contributed by atoms with E-state index in [1.807, 2.05) is 32.9 Å². The average molecular weight is 359 g/mol. The number of nitro groups is 1. The van der Waals surface area contributed by atoms with Crippen molar-refractivity contribution in [2.45, 2.75) is 41.2 Å². The van der Waals surface area contributed by atoms with E-state index in [0.29, 0.717) is 5.56 Å². The van der Waals surface area contributed by atoms with Gasteiger partial charge >= 0.3 is 11.7 Å². The number of ether oxygens (including phenoxy) is 1. The van der Waals surface area contributed by atoms with Crippen LogP contribution >= 0.6 is 0 Å². The summed E-state index contributed by atoms with van der Waals surface area (Å²) < 4.78 is 6.26. The van der Waals surface area contributed by atoms with Gasteiger partial charge in [0, 0.05) is 5.56 Å². The maximum absolute atomic E-state index is 12.4. The molecule has 0 spiro atoms. The summed E-state index contributed by atoms with van der Waals surface area (Å²) >= 11 is 0. The third-order valence-corrected chi connectivity index (χ3v) is 4.12. The number of ketones is 1. The molecule has 0 saturated heterocycles. The molecule has 8 heteroatoms. The number of carbonyl (C=O) groups excluding carboxylic acids is 2. The largest absolute Gasteiger partial charge is 0.456 e. The summed E-state index contributed by atoms with van der Waals surface area (Å²) in [6.45, 7) is 7.95. The second-order valence-corrected chi connectivity index (χ2v) is 6.29. The maximum atomic E-state index is 12.4. The van der Waals surface area contributed by atoms with Crippen LogP contribution in [-0.2, 0) is 16.1 Å². The van der Waals surface area contributed by atoms with Gasteiger partial charge in [-0.1, -0.05) is 17.7 Å². The van der Waals surface area contributed by atoms with E-state index in [-0.39, 0.29) is 36.0 Å². The van der Waals surface area contributed by atoms with Crippen LogP contribution in [-0.4, -0.2) is 33.1 Å². The second kappa shape index (κ2) is 7.47. The second-order valence-electron chi connectivity index (χ2n) is 6.29. The highest BCUT2D eigenvalue weighted by atomic mass is 16.6. The average Bonchev–Trinajstić information content (AvgIpc) is 2.78. The lowest BCUT2D eigenvalue weighted by Crippen LogP contribution is -2.20. The Bertz CT molecular complexity index is 875. The molecule has 0 aliphatic rings. The van der Waals surface area contributed by atoms with Crippen LogP contribution in [0, 0.1) is 44.7 Å². The van der Waals surface area contributed by atoms with Gasteiger partial charge in [0.15, 0.2) is 6.61 Å². The van der Waals surface area contributed by atoms with Crippen LogP contribution in [0.1, 0.15) is 38.4 Å². The standard InChI is InChI=1S/C18H21N3O5/c1-10-6-11(2)17(12(3)7-10)15(22)9-26-16(23)8-20-14(5)18(21(24)25)13(4)19-20/h6-7H,8-9H2,1-5H3. The van der Waals surface area contributed by atoms with Crippen molar-refractivity contribution in [2.75, 3.05) is 6.61 Å². The number of benzene rings is 1. The highest BCUT2D eigenvalue weighted by Gasteiger charge is 2.23.